The summed E-state index contributed by atoms with van der Waals surface area (Å²) in [7, 11) is 0. The maximum atomic E-state index is 5.53. The van der Waals surface area contributed by atoms with Crippen LogP contribution in [-0.2, 0) is 0 Å². The Morgan fingerprint density at radius 1 is 0.615 bits per heavy atom. The van der Waals surface area contributed by atoms with Crippen molar-refractivity contribution in [2.24, 2.45) is 9.98 Å². The zero-order valence-electron chi connectivity index (χ0n) is 23.1. The van der Waals surface area contributed by atoms with Gasteiger partial charge in [0.15, 0.2) is 0 Å². The average Bonchev–Trinajstić information content (AvgIpc) is 3.24. The van der Waals surface area contributed by atoms with Gasteiger partial charge in [-0.05, 0) is 53.3 Å². The van der Waals surface area contributed by atoms with Crippen LogP contribution in [0, 0.1) is 0 Å². The third-order valence-corrected chi connectivity index (χ3v) is 8.60. The lowest BCUT2D eigenvalue weighted by Gasteiger charge is -2.18. The van der Waals surface area contributed by atoms with Gasteiger partial charge in [-0.25, -0.2) is 9.98 Å². The molecule has 0 atom stereocenters. The van der Waals surface area contributed by atoms with Crippen LogP contribution in [0.1, 0.15) is 74.6 Å². The second kappa shape index (κ2) is 10.8. The van der Waals surface area contributed by atoms with Crippen LogP contribution in [0.5, 0.6) is 0 Å². The topological polar surface area (TPSA) is 24.7 Å². The van der Waals surface area contributed by atoms with Crippen molar-refractivity contribution < 1.29 is 0 Å². The molecule has 0 amide bonds. The fraction of sp³-hybridized carbons (Fsp3) is 0.222. The summed E-state index contributed by atoms with van der Waals surface area (Å²) in [5.74, 6) is 0.752. The fourth-order valence-electron chi connectivity index (χ4n) is 5.54. The Bertz CT molecular complexity index is 1640. The molecule has 0 saturated carbocycles. The number of para-hydroxylation sites is 1. The lowest BCUT2D eigenvalue weighted by molar-refractivity contribution is 0.835. The van der Waals surface area contributed by atoms with Gasteiger partial charge in [-0.2, -0.15) is 0 Å². The van der Waals surface area contributed by atoms with E-state index in [1.54, 1.807) is 11.8 Å². The van der Waals surface area contributed by atoms with Crippen LogP contribution in [0.15, 0.2) is 123 Å². The molecule has 2 aliphatic rings. The highest BCUT2D eigenvalue weighted by Gasteiger charge is 2.29. The summed E-state index contributed by atoms with van der Waals surface area (Å²) < 4.78 is 0. The van der Waals surface area contributed by atoms with Crippen LogP contribution >= 0.6 is 11.8 Å². The lowest BCUT2D eigenvalue weighted by Crippen LogP contribution is -2.12. The molecule has 0 saturated heterocycles. The summed E-state index contributed by atoms with van der Waals surface area (Å²) in [5, 5.41) is 2.49. The number of nitrogens with zero attached hydrogens (tertiary/aromatic N) is 2. The number of rotatable bonds is 6. The van der Waals surface area contributed by atoms with E-state index in [-0.39, 0.29) is 0 Å². The summed E-state index contributed by atoms with van der Waals surface area (Å²) in [4.78, 5) is 13.4. The number of aliphatic imine (C=N–C) groups is 2. The molecule has 0 N–H and O–H groups in total. The molecule has 0 bridgehead atoms. The molecule has 0 fully saturated rings. The Morgan fingerprint density at radius 2 is 1.21 bits per heavy atom. The third-order valence-electron chi connectivity index (χ3n) is 7.50. The van der Waals surface area contributed by atoms with Crippen LogP contribution in [0.4, 0.5) is 5.69 Å². The summed E-state index contributed by atoms with van der Waals surface area (Å²) in [6.07, 6.45) is 6.67. The van der Waals surface area contributed by atoms with Gasteiger partial charge in [0.1, 0.15) is 0 Å². The van der Waals surface area contributed by atoms with E-state index in [1.807, 2.05) is 0 Å². The van der Waals surface area contributed by atoms with Crippen LogP contribution in [0.25, 0.3) is 10.8 Å². The third kappa shape index (κ3) is 4.92. The first-order valence-electron chi connectivity index (χ1n) is 14.0. The molecule has 39 heavy (non-hydrogen) atoms. The normalized spacial score (nSPS) is 17.0. The number of thioether (sulfide) groups is 1. The minimum absolute atomic E-state index is 0.376. The van der Waals surface area contributed by atoms with Gasteiger partial charge >= 0.3 is 0 Å². The maximum absolute atomic E-state index is 5.53. The highest BCUT2D eigenvalue weighted by atomic mass is 32.2. The van der Waals surface area contributed by atoms with E-state index in [4.69, 9.17) is 9.98 Å². The molecule has 0 aliphatic heterocycles. The molecule has 0 radical (unpaired) electrons. The first-order chi connectivity index (χ1) is 19.0. The molecule has 0 spiro atoms. The number of allylic oxidation sites excluding steroid dienone is 2. The molecule has 4 aromatic carbocycles. The van der Waals surface area contributed by atoms with Gasteiger partial charge in [0.25, 0.3) is 0 Å². The van der Waals surface area contributed by atoms with E-state index in [0.717, 1.165) is 35.6 Å². The van der Waals surface area contributed by atoms with Gasteiger partial charge < -0.3 is 0 Å². The Hall–Kier alpha value is -3.69. The van der Waals surface area contributed by atoms with Crippen LogP contribution in [0.3, 0.4) is 0 Å². The molecule has 2 nitrogen and oxygen atoms in total. The summed E-state index contributed by atoms with van der Waals surface area (Å²) in [6, 6.07) is 30.3. The van der Waals surface area contributed by atoms with E-state index < -0.39 is 0 Å². The van der Waals surface area contributed by atoms with Crippen LogP contribution < -0.4 is 0 Å². The molecular formula is C36H34N2S. The summed E-state index contributed by atoms with van der Waals surface area (Å²) >= 11 is 1.80. The average molecular weight is 527 g/mol. The standard InChI is InChI=1S/C36H34N2S/c1-23(2)27-17-12-18-28(24(3)4)34(27)38-36-30-20-11-14-25-13-10-19-29(33(25)30)35(36)37-31-21-8-9-22-32(31)39-26-15-6-5-7-16-26/h5-7,10-24H,8-9H2,1-4H3/b37-35+,38-36+. The molecule has 2 aliphatic carbocycles. The molecular weight excluding hydrogens is 492 g/mol. The van der Waals surface area contributed by atoms with Gasteiger partial charge in [0.05, 0.1) is 22.8 Å². The Labute approximate surface area is 236 Å². The molecule has 6 rings (SSSR count). The van der Waals surface area contributed by atoms with Crippen molar-refractivity contribution in [2.45, 2.75) is 57.3 Å². The highest BCUT2D eigenvalue weighted by molar-refractivity contribution is 8.03. The number of benzene rings is 4. The second-order valence-corrected chi connectivity index (χ2v) is 12.0. The van der Waals surface area contributed by atoms with E-state index in [0.29, 0.717) is 11.8 Å². The monoisotopic (exact) mass is 526 g/mol. The van der Waals surface area contributed by atoms with Gasteiger partial charge in [-0.3, -0.25) is 0 Å². The van der Waals surface area contributed by atoms with Gasteiger partial charge in [-0.15, -0.1) is 0 Å². The van der Waals surface area contributed by atoms with Gasteiger partial charge in [0, 0.05) is 26.3 Å². The van der Waals surface area contributed by atoms with Crippen molar-refractivity contribution in [1.29, 1.82) is 0 Å². The van der Waals surface area contributed by atoms with E-state index in [9.17, 15) is 0 Å². The molecule has 0 unspecified atom stereocenters. The fourth-order valence-corrected chi connectivity index (χ4v) is 6.52. The predicted octanol–water partition coefficient (Wildman–Crippen LogP) is 10.4. The quantitative estimate of drug-likeness (QED) is 0.245. The Kier molecular flexibility index (Phi) is 7.10. The molecule has 194 valence electrons. The lowest BCUT2D eigenvalue weighted by atomic mass is 9.92. The van der Waals surface area contributed by atoms with Crippen molar-refractivity contribution >= 4 is 39.6 Å². The van der Waals surface area contributed by atoms with E-state index >= 15 is 0 Å². The molecule has 3 heteroatoms. The SMILES string of the molecule is CC(C)c1cccc(C(C)C)c1/N=C1/C(=N/C2=CCCC=C2Sc2ccccc2)c2cccc3cccc1c23. The summed E-state index contributed by atoms with van der Waals surface area (Å²) in [5.41, 5.74) is 9.01. The molecule has 0 heterocycles. The summed E-state index contributed by atoms with van der Waals surface area (Å²) in [6.45, 7) is 9.03. The minimum atomic E-state index is 0.376. The Morgan fingerprint density at radius 3 is 1.85 bits per heavy atom. The van der Waals surface area contributed by atoms with Crippen molar-refractivity contribution in [1.82, 2.24) is 0 Å². The zero-order valence-corrected chi connectivity index (χ0v) is 23.9. The van der Waals surface area contributed by atoms with Crippen molar-refractivity contribution in [3.05, 3.63) is 130 Å². The van der Waals surface area contributed by atoms with Crippen molar-refractivity contribution in [3.8, 4) is 0 Å². The highest BCUT2D eigenvalue weighted by Crippen LogP contribution is 2.40. The molecule has 4 aromatic rings. The van der Waals surface area contributed by atoms with Crippen molar-refractivity contribution in [2.75, 3.05) is 0 Å². The first-order valence-corrected chi connectivity index (χ1v) is 14.8. The maximum Gasteiger partial charge on any atom is 0.0979 e. The Balaban J connectivity index is 1.55. The second-order valence-electron chi connectivity index (χ2n) is 10.9. The minimum Gasteiger partial charge on any atom is -0.245 e. The van der Waals surface area contributed by atoms with Crippen LogP contribution in [0.2, 0.25) is 0 Å². The smallest absolute Gasteiger partial charge is 0.0979 e. The first kappa shape index (κ1) is 25.6. The number of hydrogen-bond donors (Lipinski definition) is 0. The van der Waals surface area contributed by atoms with E-state index in [1.165, 1.54) is 42.8 Å². The predicted molar refractivity (Wildman–Crippen MR) is 169 cm³/mol. The number of hydrogen-bond acceptors (Lipinski definition) is 3. The van der Waals surface area contributed by atoms with Gasteiger partial charge in [0.2, 0.25) is 0 Å². The van der Waals surface area contributed by atoms with E-state index in [2.05, 4.69) is 125 Å². The zero-order chi connectivity index (χ0) is 26.9. The largest absolute Gasteiger partial charge is 0.245 e. The van der Waals surface area contributed by atoms with Crippen molar-refractivity contribution in [3.63, 3.8) is 0 Å². The molecule has 0 aromatic heterocycles. The van der Waals surface area contributed by atoms with Gasteiger partial charge in [-0.1, -0.05) is 124 Å². The van der Waals surface area contributed by atoms with Crippen LogP contribution in [-0.4, -0.2) is 11.4 Å².